The second kappa shape index (κ2) is 7.10. The number of aromatic amines is 1. The zero-order valence-electron chi connectivity index (χ0n) is 15.2. The van der Waals surface area contributed by atoms with Gasteiger partial charge >= 0.3 is 0 Å². The molecule has 27 heavy (non-hydrogen) atoms. The number of fused-ring (bicyclic) bond motifs is 1. The van der Waals surface area contributed by atoms with Gasteiger partial charge in [-0.3, -0.25) is 10.2 Å². The maximum atomic E-state index is 9.84. The molecule has 0 aliphatic carbocycles. The molecule has 0 radical (unpaired) electrons. The van der Waals surface area contributed by atoms with Crippen molar-refractivity contribution >= 4 is 33.0 Å². The number of hydrogen-bond acceptors (Lipinski definition) is 5. The molecule has 0 amide bonds. The molecule has 1 aromatic carbocycles. The molecule has 5 N–H and O–H groups in total. The number of phenols is 1. The summed E-state index contributed by atoms with van der Waals surface area (Å²) < 4.78 is 2.67. The molecular formula is C19H24BrN6O+. The van der Waals surface area contributed by atoms with E-state index in [4.69, 9.17) is 5.73 Å². The van der Waals surface area contributed by atoms with E-state index in [9.17, 15) is 5.11 Å². The largest absolute Gasteiger partial charge is 0.508 e. The fourth-order valence-corrected chi connectivity index (χ4v) is 4.01. The molecule has 1 saturated heterocycles. The Morgan fingerprint density at radius 2 is 2.11 bits per heavy atom. The van der Waals surface area contributed by atoms with E-state index in [-0.39, 0.29) is 11.3 Å². The van der Waals surface area contributed by atoms with Crippen LogP contribution in [0.2, 0.25) is 0 Å². The Hall–Kier alpha value is -2.16. The summed E-state index contributed by atoms with van der Waals surface area (Å²) in [4.78, 5) is 5.63. The number of likely N-dealkylation sites (tertiary alicyclic amines) is 1. The van der Waals surface area contributed by atoms with Gasteiger partial charge in [0.2, 0.25) is 6.33 Å². The van der Waals surface area contributed by atoms with Crippen molar-refractivity contribution in [2.24, 2.45) is 5.73 Å². The molecule has 0 spiro atoms. The van der Waals surface area contributed by atoms with Crippen molar-refractivity contribution in [3.63, 3.8) is 0 Å². The lowest BCUT2D eigenvalue weighted by Gasteiger charge is -2.36. The number of aromatic hydroxyl groups is 1. The summed E-state index contributed by atoms with van der Waals surface area (Å²) in [6, 6.07) is 7.36. The van der Waals surface area contributed by atoms with Gasteiger partial charge in [0, 0.05) is 47.5 Å². The van der Waals surface area contributed by atoms with E-state index in [1.54, 1.807) is 18.5 Å². The Bertz CT molecular complexity index is 940. The van der Waals surface area contributed by atoms with Crippen LogP contribution in [0.1, 0.15) is 25.3 Å². The smallest absolute Gasteiger partial charge is 0.251 e. The molecule has 0 unspecified atom stereocenters. The number of hydrogen-bond donors (Lipinski definition) is 3. The topological polar surface area (TPSA) is 93.0 Å². The maximum absolute atomic E-state index is 9.84. The van der Waals surface area contributed by atoms with E-state index in [1.807, 2.05) is 16.8 Å². The van der Waals surface area contributed by atoms with Gasteiger partial charge in [-0.15, -0.1) is 0 Å². The van der Waals surface area contributed by atoms with Gasteiger partial charge in [-0.2, -0.15) is 4.52 Å². The van der Waals surface area contributed by atoms with Gasteiger partial charge in [0.15, 0.2) is 5.52 Å². The Morgan fingerprint density at radius 1 is 1.33 bits per heavy atom. The highest BCUT2D eigenvalue weighted by atomic mass is 79.9. The van der Waals surface area contributed by atoms with Gasteiger partial charge in [0.25, 0.3) is 5.82 Å². The van der Waals surface area contributed by atoms with E-state index >= 15 is 0 Å². The first-order valence-electron chi connectivity index (χ1n) is 9.04. The van der Waals surface area contributed by atoms with E-state index in [0.29, 0.717) is 0 Å². The van der Waals surface area contributed by atoms with Crippen molar-refractivity contribution in [3.8, 4) is 5.75 Å². The molecule has 0 bridgehead atoms. The summed E-state index contributed by atoms with van der Waals surface area (Å²) in [5, 5.41) is 17.6. The van der Waals surface area contributed by atoms with Gasteiger partial charge in [-0.05, 0) is 43.1 Å². The summed E-state index contributed by atoms with van der Waals surface area (Å²) in [5.41, 5.74) is 9.19. The van der Waals surface area contributed by atoms with Crippen molar-refractivity contribution in [1.29, 1.82) is 0 Å². The number of nitrogens with two attached hydrogens (primary N) is 1. The second-order valence-corrected chi connectivity index (χ2v) is 8.47. The van der Waals surface area contributed by atoms with Gasteiger partial charge in [-0.1, -0.05) is 15.9 Å². The van der Waals surface area contributed by atoms with Gasteiger partial charge in [0.05, 0.1) is 0 Å². The summed E-state index contributed by atoms with van der Waals surface area (Å²) >= 11 is 3.41. The maximum Gasteiger partial charge on any atom is 0.251 e. The molecule has 0 atom stereocenters. The zero-order valence-corrected chi connectivity index (χ0v) is 16.8. The highest BCUT2D eigenvalue weighted by Crippen LogP contribution is 2.28. The predicted molar refractivity (Wildman–Crippen MR) is 108 cm³/mol. The van der Waals surface area contributed by atoms with Crippen molar-refractivity contribution < 1.29 is 10.1 Å². The second-order valence-electron chi connectivity index (χ2n) is 7.55. The quantitative estimate of drug-likeness (QED) is 0.590. The number of benzene rings is 1. The van der Waals surface area contributed by atoms with E-state index in [2.05, 4.69) is 49.2 Å². The zero-order chi connectivity index (χ0) is 19.0. The van der Waals surface area contributed by atoms with Crippen molar-refractivity contribution in [3.05, 3.63) is 46.8 Å². The molecule has 2 aromatic heterocycles. The number of piperidine rings is 1. The van der Waals surface area contributed by atoms with E-state index in [0.717, 1.165) is 54.0 Å². The summed E-state index contributed by atoms with van der Waals surface area (Å²) in [6.45, 7) is 4.98. The number of nitrogens with zero attached hydrogens (tertiary/aromatic N) is 3. The van der Waals surface area contributed by atoms with Gasteiger partial charge in [-0.25, -0.2) is 4.98 Å². The van der Waals surface area contributed by atoms with Gasteiger partial charge in [0.1, 0.15) is 11.4 Å². The van der Waals surface area contributed by atoms with Gasteiger partial charge < -0.3 is 10.8 Å². The first-order chi connectivity index (χ1) is 12.9. The Morgan fingerprint density at radius 3 is 2.85 bits per heavy atom. The van der Waals surface area contributed by atoms with Crippen LogP contribution in [0.3, 0.4) is 0 Å². The number of rotatable bonds is 4. The molecule has 0 saturated carbocycles. The molecule has 142 valence electrons. The van der Waals surface area contributed by atoms with Crippen LogP contribution in [0.15, 0.2) is 41.3 Å². The van der Waals surface area contributed by atoms with Crippen molar-refractivity contribution in [2.75, 3.05) is 18.4 Å². The number of nitrogens with one attached hydrogen (secondary N) is 2. The molecule has 1 aliphatic heterocycles. The minimum absolute atomic E-state index is 0.0515. The van der Waals surface area contributed by atoms with Crippen LogP contribution in [0.4, 0.5) is 11.5 Å². The molecule has 4 rings (SSSR count). The Balaban J connectivity index is 1.61. The molecule has 3 aromatic rings. The van der Waals surface area contributed by atoms with Crippen LogP contribution in [0.25, 0.3) is 5.52 Å². The minimum Gasteiger partial charge on any atom is -0.508 e. The lowest BCUT2D eigenvalue weighted by atomic mass is 9.91. The van der Waals surface area contributed by atoms with E-state index in [1.165, 1.54) is 5.56 Å². The normalized spacial score (nSPS) is 17.3. The van der Waals surface area contributed by atoms with Crippen LogP contribution in [-0.4, -0.2) is 38.2 Å². The molecule has 8 heteroatoms. The van der Waals surface area contributed by atoms with E-state index < -0.39 is 0 Å². The fourth-order valence-electron chi connectivity index (χ4n) is 3.53. The average Bonchev–Trinajstić information content (AvgIpc) is 3.00. The molecular weight excluding hydrogens is 408 g/mol. The molecule has 3 heterocycles. The lowest BCUT2D eigenvalue weighted by Crippen LogP contribution is -2.47. The van der Waals surface area contributed by atoms with Crippen LogP contribution >= 0.6 is 15.9 Å². The third kappa shape index (κ3) is 4.07. The summed E-state index contributed by atoms with van der Waals surface area (Å²) in [7, 11) is 0. The van der Waals surface area contributed by atoms with Crippen molar-refractivity contribution in [1.82, 2.24) is 14.5 Å². The van der Waals surface area contributed by atoms with Crippen LogP contribution in [0.5, 0.6) is 5.75 Å². The monoisotopic (exact) mass is 431 g/mol. The predicted octanol–water partition coefficient (Wildman–Crippen LogP) is 2.67. The fraction of sp³-hybridized carbons (Fsp3) is 0.368. The third-order valence-electron chi connectivity index (χ3n) is 5.12. The lowest BCUT2D eigenvalue weighted by molar-refractivity contribution is -0.365. The summed E-state index contributed by atoms with van der Waals surface area (Å²) in [5.74, 6) is 1.04. The number of phenolic OH excluding ortho intramolecular Hbond substituents is 1. The highest BCUT2D eigenvalue weighted by Gasteiger charge is 2.26. The van der Waals surface area contributed by atoms with Crippen LogP contribution in [0, 0.1) is 0 Å². The average molecular weight is 432 g/mol. The number of aromatic nitrogens is 3. The number of anilines is 2. The number of halogens is 1. The minimum atomic E-state index is -0.0515. The first kappa shape index (κ1) is 18.2. The Kier molecular flexibility index (Phi) is 4.79. The standard InChI is InChI=1S/C19H23BrN6O/c1-19(21)3-6-25(7-4-19)11-13-2-5-26-17(13)18(22-12-23-26)24-15-8-14(20)9-16(27)10-15/h2,5,8-10,12,27H,3-4,6-7,11,21H2,1H3,(H,22,23,24)/p+1. The van der Waals surface area contributed by atoms with Crippen LogP contribution < -0.4 is 16.0 Å². The Labute approximate surface area is 166 Å². The van der Waals surface area contributed by atoms with Crippen LogP contribution in [-0.2, 0) is 6.54 Å². The third-order valence-corrected chi connectivity index (χ3v) is 5.58. The van der Waals surface area contributed by atoms with Crippen molar-refractivity contribution in [2.45, 2.75) is 31.8 Å². The molecule has 7 nitrogen and oxygen atoms in total. The molecule has 1 aliphatic rings. The first-order valence-corrected chi connectivity index (χ1v) is 9.84. The number of H-pyrrole nitrogens is 1. The highest BCUT2D eigenvalue weighted by molar-refractivity contribution is 9.10. The molecule has 1 fully saturated rings. The SMILES string of the molecule is CC1(N)CCN(Cc2ccn3nc[nH+]c(Nc4cc(O)cc(Br)c4)c23)CC1. The summed E-state index contributed by atoms with van der Waals surface area (Å²) in [6.07, 6.45) is 5.63.